The monoisotopic (exact) mass is 554 g/mol. The lowest BCUT2D eigenvalue weighted by atomic mass is 9.98. The van der Waals surface area contributed by atoms with Gasteiger partial charge in [-0.3, -0.25) is 4.98 Å². The van der Waals surface area contributed by atoms with Gasteiger partial charge in [-0.15, -0.1) is 11.3 Å². The molecule has 198 valence electrons. The van der Waals surface area contributed by atoms with Crippen LogP contribution < -0.4 is 4.90 Å². The maximum Gasteiger partial charge on any atom is 0.0640 e. The second-order valence-corrected chi connectivity index (χ2v) is 11.5. The normalized spacial score (nSPS) is 11.3. The zero-order valence-electron chi connectivity index (χ0n) is 22.8. The van der Waals surface area contributed by atoms with Gasteiger partial charge in [0.25, 0.3) is 0 Å². The minimum atomic E-state index is 1.12. The van der Waals surface area contributed by atoms with Crippen molar-refractivity contribution < 1.29 is 0 Å². The third-order valence-corrected chi connectivity index (χ3v) is 9.19. The zero-order chi connectivity index (χ0) is 27.9. The molecule has 0 radical (unpaired) electrons. The van der Waals surface area contributed by atoms with Crippen LogP contribution in [0.1, 0.15) is 0 Å². The van der Waals surface area contributed by atoms with E-state index in [9.17, 15) is 0 Å². The van der Waals surface area contributed by atoms with Crippen LogP contribution >= 0.6 is 11.3 Å². The first-order valence-electron chi connectivity index (χ1n) is 14.1. The Morgan fingerprint density at radius 2 is 1.12 bits per heavy atom. The van der Waals surface area contributed by atoms with E-state index in [-0.39, 0.29) is 0 Å². The van der Waals surface area contributed by atoms with Crippen molar-refractivity contribution in [3.05, 3.63) is 158 Å². The summed E-state index contributed by atoms with van der Waals surface area (Å²) in [5, 5.41) is 4.96. The van der Waals surface area contributed by atoms with Gasteiger partial charge in [0.15, 0.2) is 0 Å². The van der Waals surface area contributed by atoms with Crippen LogP contribution in [-0.2, 0) is 0 Å². The van der Waals surface area contributed by atoms with Crippen molar-refractivity contribution in [2.45, 2.75) is 0 Å². The van der Waals surface area contributed by atoms with Crippen molar-refractivity contribution in [3.8, 4) is 22.3 Å². The van der Waals surface area contributed by atoms with Crippen molar-refractivity contribution in [1.29, 1.82) is 0 Å². The first-order chi connectivity index (χ1) is 20.8. The van der Waals surface area contributed by atoms with E-state index in [1.165, 1.54) is 58.9 Å². The number of benzene rings is 6. The molecule has 0 atom stereocenters. The predicted molar refractivity (Wildman–Crippen MR) is 180 cm³/mol. The van der Waals surface area contributed by atoms with Gasteiger partial charge in [0.1, 0.15) is 0 Å². The summed E-state index contributed by atoms with van der Waals surface area (Å²) in [6.07, 6.45) is 3.86. The predicted octanol–water partition coefficient (Wildman–Crippen LogP) is 11.4. The summed E-state index contributed by atoms with van der Waals surface area (Å²) in [7, 11) is 0. The van der Waals surface area contributed by atoms with E-state index in [4.69, 9.17) is 0 Å². The van der Waals surface area contributed by atoms with Gasteiger partial charge in [0, 0.05) is 39.2 Å². The number of nitrogens with zero attached hydrogens (tertiary/aromatic N) is 2. The van der Waals surface area contributed by atoms with Crippen LogP contribution in [0.15, 0.2) is 158 Å². The molecule has 6 aromatic carbocycles. The number of anilines is 3. The largest absolute Gasteiger partial charge is 0.309 e. The fraction of sp³-hybridized carbons (Fsp3) is 0. The molecule has 0 bridgehead atoms. The van der Waals surface area contributed by atoms with Crippen molar-refractivity contribution in [1.82, 2.24) is 4.98 Å². The van der Waals surface area contributed by atoms with Crippen LogP contribution in [0.25, 0.3) is 53.2 Å². The Hall–Kier alpha value is -5.25. The van der Waals surface area contributed by atoms with Crippen LogP contribution in [0.4, 0.5) is 17.1 Å². The number of hydrogen-bond acceptors (Lipinski definition) is 3. The van der Waals surface area contributed by atoms with Crippen molar-refractivity contribution >= 4 is 59.3 Å². The minimum Gasteiger partial charge on any atom is -0.309 e. The van der Waals surface area contributed by atoms with Crippen molar-refractivity contribution in [2.75, 3.05) is 4.90 Å². The van der Waals surface area contributed by atoms with Crippen LogP contribution in [0, 0.1) is 0 Å². The minimum absolute atomic E-state index is 1.12. The highest BCUT2D eigenvalue weighted by Crippen LogP contribution is 2.45. The number of pyridine rings is 1. The fourth-order valence-corrected chi connectivity index (χ4v) is 7.10. The van der Waals surface area contributed by atoms with E-state index < -0.39 is 0 Å². The Balaban J connectivity index is 1.28. The fourth-order valence-electron chi connectivity index (χ4n) is 5.93. The molecule has 0 aliphatic heterocycles. The van der Waals surface area contributed by atoms with E-state index in [2.05, 4.69) is 155 Å². The summed E-state index contributed by atoms with van der Waals surface area (Å²) in [5.41, 5.74) is 8.29. The number of aromatic nitrogens is 1. The van der Waals surface area contributed by atoms with Crippen molar-refractivity contribution in [3.63, 3.8) is 0 Å². The zero-order valence-corrected chi connectivity index (χ0v) is 23.6. The Morgan fingerprint density at radius 3 is 1.93 bits per heavy atom. The van der Waals surface area contributed by atoms with Crippen LogP contribution in [0.3, 0.4) is 0 Å². The molecule has 42 heavy (non-hydrogen) atoms. The second kappa shape index (κ2) is 10.3. The smallest absolute Gasteiger partial charge is 0.0640 e. The van der Waals surface area contributed by atoms with Gasteiger partial charge in [-0.25, -0.2) is 0 Å². The van der Waals surface area contributed by atoms with E-state index >= 15 is 0 Å². The molecule has 2 heterocycles. The lowest BCUT2D eigenvalue weighted by molar-refractivity contribution is 1.30. The number of fused-ring (bicyclic) bond motifs is 4. The molecular formula is C39H26N2S. The maximum absolute atomic E-state index is 4.42. The molecule has 2 nitrogen and oxygen atoms in total. The van der Waals surface area contributed by atoms with Gasteiger partial charge in [0.05, 0.1) is 10.4 Å². The third-order valence-electron chi connectivity index (χ3n) is 7.98. The average Bonchev–Trinajstić information content (AvgIpc) is 3.45. The summed E-state index contributed by atoms with van der Waals surface area (Å²) in [6.45, 7) is 0. The third kappa shape index (κ3) is 4.23. The highest BCUT2D eigenvalue weighted by molar-refractivity contribution is 7.26. The Labute approximate surface area is 248 Å². The molecule has 2 aromatic heterocycles. The van der Waals surface area contributed by atoms with Crippen LogP contribution in [0.2, 0.25) is 0 Å². The molecule has 0 spiro atoms. The average molecular weight is 555 g/mol. The lowest BCUT2D eigenvalue weighted by Crippen LogP contribution is -2.10. The molecule has 0 aliphatic rings. The summed E-state index contributed by atoms with van der Waals surface area (Å²) < 4.78 is 2.50. The number of thiophene rings is 1. The van der Waals surface area contributed by atoms with Gasteiger partial charge in [0.2, 0.25) is 0 Å². The first kappa shape index (κ1) is 24.5. The standard InChI is InChI=1S/C39H26N2S/c1-2-8-27(9-3-1)28-16-20-31(21-17-28)41(37-15-7-14-35-36-26-40-25-24-38(36)42-39(35)37)32-22-18-30(19-23-32)34-13-6-11-29-10-4-5-12-33(29)34/h1-26H. The van der Waals surface area contributed by atoms with Gasteiger partial charge in [-0.2, -0.15) is 0 Å². The first-order valence-corrected chi connectivity index (χ1v) is 14.9. The molecule has 8 aromatic rings. The second-order valence-electron chi connectivity index (χ2n) is 10.4. The number of rotatable bonds is 5. The van der Waals surface area contributed by atoms with Crippen molar-refractivity contribution in [2.24, 2.45) is 0 Å². The maximum atomic E-state index is 4.42. The molecule has 0 saturated heterocycles. The molecule has 0 unspecified atom stereocenters. The topological polar surface area (TPSA) is 16.1 Å². The van der Waals surface area contributed by atoms with Gasteiger partial charge in [-0.1, -0.05) is 109 Å². The summed E-state index contributed by atoms with van der Waals surface area (Å²) in [5.74, 6) is 0. The molecule has 8 rings (SSSR count). The summed E-state index contributed by atoms with van der Waals surface area (Å²) >= 11 is 1.83. The number of hydrogen-bond donors (Lipinski definition) is 0. The molecule has 3 heteroatoms. The molecule has 0 amide bonds. The van der Waals surface area contributed by atoms with Crippen LogP contribution in [-0.4, -0.2) is 4.98 Å². The summed E-state index contributed by atoms with van der Waals surface area (Å²) in [4.78, 5) is 6.80. The van der Waals surface area contributed by atoms with E-state index in [1.807, 2.05) is 23.7 Å². The van der Waals surface area contributed by atoms with Gasteiger partial charge in [-0.05, 0) is 69.4 Å². The summed E-state index contributed by atoms with van der Waals surface area (Å²) in [6, 6.07) is 52.3. The quantitative estimate of drug-likeness (QED) is 0.210. The molecule has 0 N–H and O–H groups in total. The van der Waals surface area contributed by atoms with E-state index in [1.54, 1.807) is 0 Å². The van der Waals surface area contributed by atoms with E-state index in [0.29, 0.717) is 0 Å². The highest BCUT2D eigenvalue weighted by Gasteiger charge is 2.18. The van der Waals surface area contributed by atoms with Gasteiger partial charge < -0.3 is 4.90 Å². The highest BCUT2D eigenvalue weighted by atomic mass is 32.1. The lowest BCUT2D eigenvalue weighted by Gasteiger charge is -2.26. The molecule has 0 saturated carbocycles. The Bertz CT molecular complexity index is 2170. The SMILES string of the molecule is c1ccc(-c2ccc(N(c3ccc(-c4cccc5ccccc45)cc3)c3cccc4c3sc3ccncc34)cc2)cc1. The Kier molecular flexibility index (Phi) is 6.02. The van der Waals surface area contributed by atoms with E-state index in [0.717, 1.165) is 11.4 Å². The van der Waals surface area contributed by atoms with Gasteiger partial charge >= 0.3 is 0 Å². The molecule has 0 fully saturated rings. The molecular weight excluding hydrogens is 529 g/mol. The van der Waals surface area contributed by atoms with Crippen LogP contribution in [0.5, 0.6) is 0 Å². The molecule has 0 aliphatic carbocycles. The Morgan fingerprint density at radius 1 is 0.476 bits per heavy atom.